The summed E-state index contributed by atoms with van der Waals surface area (Å²) in [6.07, 6.45) is 82.6. The molecule has 0 rings (SSSR count). The predicted octanol–water partition coefficient (Wildman–Crippen LogP) is 19.2. The van der Waals surface area contributed by atoms with Crippen molar-refractivity contribution in [3.05, 3.63) is 146 Å². The Bertz CT molecular complexity index is 1590. The van der Waals surface area contributed by atoms with Crippen LogP contribution in [0.15, 0.2) is 146 Å². The molecule has 0 aliphatic rings. The van der Waals surface area contributed by atoms with Gasteiger partial charge in [-0.2, -0.15) is 0 Å². The number of ether oxygens (including phenoxy) is 3. The minimum Gasteiger partial charge on any atom is -0.462 e. The molecule has 0 amide bonds. The quantitative estimate of drug-likeness (QED) is 0.0262. The maximum absolute atomic E-state index is 12.8. The fraction of sp³-hybridized carbons (Fsp3) is 0.585. The Hall–Kier alpha value is -4.71. The zero-order chi connectivity index (χ0) is 51.4. The molecule has 0 unspecified atom stereocenters. The van der Waals surface area contributed by atoms with Gasteiger partial charge in [-0.15, -0.1) is 0 Å². The summed E-state index contributed by atoms with van der Waals surface area (Å²) in [6, 6.07) is 0. The average molecular weight is 980 g/mol. The van der Waals surface area contributed by atoms with E-state index >= 15 is 0 Å². The predicted molar refractivity (Wildman–Crippen MR) is 306 cm³/mol. The molecule has 0 N–H and O–H groups in total. The van der Waals surface area contributed by atoms with Gasteiger partial charge >= 0.3 is 17.9 Å². The van der Waals surface area contributed by atoms with Crippen LogP contribution in [0, 0.1) is 0 Å². The first kappa shape index (κ1) is 66.3. The van der Waals surface area contributed by atoms with E-state index in [9.17, 15) is 14.4 Å². The molecule has 71 heavy (non-hydrogen) atoms. The van der Waals surface area contributed by atoms with Gasteiger partial charge in [-0.1, -0.05) is 205 Å². The number of carbonyl (C=O) groups is 3. The molecule has 6 heteroatoms. The average Bonchev–Trinajstić information content (AvgIpc) is 3.37. The Morgan fingerprint density at radius 3 is 0.859 bits per heavy atom. The van der Waals surface area contributed by atoms with Crippen LogP contribution in [0.3, 0.4) is 0 Å². The fourth-order valence-corrected chi connectivity index (χ4v) is 7.04. The van der Waals surface area contributed by atoms with Crippen molar-refractivity contribution < 1.29 is 28.6 Å². The van der Waals surface area contributed by atoms with Gasteiger partial charge in [-0.3, -0.25) is 14.4 Å². The molecule has 0 heterocycles. The Balaban J connectivity index is 4.59. The van der Waals surface area contributed by atoms with Crippen LogP contribution in [-0.2, 0) is 28.6 Å². The number of esters is 3. The molecule has 6 nitrogen and oxygen atoms in total. The van der Waals surface area contributed by atoms with Crippen LogP contribution in [-0.4, -0.2) is 37.2 Å². The molecule has 0 saturated heterocycles. The summed E-state index contributed by atoms with van der Waals surface area (Å²) in [5.41, 5.74) is 0. The van der Waals surface area contributed by atoms with Crippen LogP contribution in [0.4, 0.5) is 0 Å². The first-order valence-electron chi connectivity index (χ1n) is 28.3. The summed E-state index contributed by atoms with van der Waals surface area (Å²) in [7, 11) is 0. The third kappa shape index (κ3) is 56.1. The molecule has 0 aromatic rings. The van der Waals surface area contributed by atoms with E-state index in [1.54, 1.807) is 0 Å². The standard InChI is InChI=1S/C65H102O6/c1-4-7-10-13-16-19-22-25-28-30-32-34-37-39-42-45-48-51-54-57-63(66)69-60-62(71-65(68)59-56-53-50-47-44-41-36-27-24-21-18-15-12-9-6-3)61-70-64(67)58-55-52-49-46-43-40-38-35-33-31-29-26-23-20-17-14-11-8-5-2/h7,10,16-21,25-29,32-36,39-40,42-44,47,62H,4-6,8-9,11-15,22-24,30-31,37-38,41,45-46,48-61H2,1-3H3/b10-7-,19-16-,20-17-,21-18-,28-25-,29-26-,34-32-,35-33-,36-27-,42-39-,43-40-,47-44-/t62-/m1/s1. The number of allylic oxidation sites excluding steroid dienone is 24. The number of rotatable bonds is 49. The molecular weight excluding hydrogens is 877 g/mol. The smallest absolute Gasteiger partial charge is 0.306 e. The van der Waals surface area contributed by atoms with Gasteiger partial charge in [0.2, 0.25) is 0 Å². The lowest BCUT2D eigenvalue weighted by atomic mass is 10.1. The second kappa shape index (κ2) is 57.9. The van der Waals surface area contributed by atoms with Gasteiger partial charge < -0.3 is 14.2 Å². The normalized spacial score (nSPS) is 13.2. The van der Waals surface area contributed by atoms with E-state index in [2.05, 4.69) is 167 Å². The molecule has 1 atom stereocenters. The molecule has 0 aliphatic carbocycles. The number of hydrogen-bond acceptors (Lipinski definition) is 6. The Labute approximate surface area is 436 Å². The van der Waals surface area contributed by atoms with Crippen molar-refractivity contribution >= 4 is 17.9 Å². The molecule has 398 valence electrons. The summed E-state index contributed by atoms with van der Waals surface area (Å²) < 4.78 is 16.8. The largest absolute Gasteiger partial charge is 0.462 e. The van der Waals surface area contributed by atoms with Gasteiger partial charge in [-0.05, 0) is 148 Å². The van der Waals surface area contributed by atoms with E-state index in [1.807, 2.05) is 0 Å². The van der Waals surface area contributed by atoms with Crippen molar-refractivity contribution in [3.8, 4) is 0 Å². The van der Waals surface area contributed by atoms with E-state index < -0.39 is 6.10 Å². The van der Waals surface area contributed by atoms with E-state index in [1.165, 1.54) is 51.4 Å². The lowest BCUT2D eigenvalue weighted by molar-refractivity contribution is -0.167. The van der Waals surface area contributed by atoms with Crippen molar-refractivity contribution in [3.63, 3.8) is 0 Å². The molecule has 0 aromatic carbocycles. The second-order valence-corrected chi connectivity index (χ2v) is 18.1. The third-order valence-electron chi connectivity index (χ3n) is 11.3. The molecule has 0 aliphatic heterocycles. The summed E-state index contributed by atoms with van der Waals surface area (Å²) in [5.74, 6) is -1.03. The van der Waals surface area contributed by atoms with Gasteiger partial charge in [0, 0.05) is 19.3 Å². The minimum absolute atomic E-state index is 0.127. The lowest BCUT2D eigenvalue weighted by Crippen LogP contribution is -2.30. The van der Waals surface area contributed by atoms with Gasteiger partial charge in [0.1, 0.15) is 13.2 Å². The van der Waals surface area contributed by atoms with Gasteiger partial charge in [0.25, 0.3) is 0 Å². The number of unbranched alkanes of at least 4 members (excludes halogenated alkanes) is 14. The first-order chi connectivity index (χ1) is 35.0. The Kier molecular flexibility index (Phi) is 54.0. The molecule has 0 saturated carbocycles. The van der Waals surface area contributed by atoms with Crippen LogP contribution in [0.1, 0.15) is 226 Å². The monoisotopic (exact) mass is 979 g/mol. The van der Waals surface area contributed by atoms with Crippen molar-refractivity contribution in [2.45, 2.75) is 232 Å². The molecule has 0 aromatic heterocycles. The topological polar surface area (TPSA) is 78.9 Å². The summed E-state index contributed by atoms with van der Waals surface area (Å²) in [4.78, 5) is 38.1. The highest BCUT2D eigenvalue weighted by Gasteiger charge is 2.19. The van der Waals surface area contributed by atoms with Gasteiger partial charge in [0.15, 0.2) is 6.10 Å². The van der Waals surface area contributed by atoms with Crippen LogP contribution in [0.2, 0.25) is 0 Å². The van der Waals surface area contributed by atoms with Crippen molar-refractivity contribution in [2.75, 3.05) is 13.2 Å². The highest BCUT2D eigenvalue weighted by atomic mass is 16.6. The molecule has 0 fully saturated rings. The number of carbonyl (C=O) groups excluding carboxylic acids is 3. The van der Waals surface area contributed by atoms with E-state index in [0.717, 1.165) is 128 Å². The summed E-state index contributed by atoms with van der Waals surface area (Å²) in [6.45, 7) is 6.36. The Morgan fingerprint density at radius 1 is 0.296 bits per heavy atom. The zero-order valence-corrected chi connectivity index (χ0v) is 45.4. The molecule has 0 bridgehead atoms. The highest BCUT2D eigenvalue weighted by molar-refractivity contribution is 5.71. The van der Waals surface area contributed by atoms with Crippen molar-refractivity contribution in [2.24, 2.45) is 0 Å². The fourth-order valence-electron chi connectivity index (χ4n) is 7.04. The highest BCUT2D eigenvalue weighted by Crippen LogP contribution is 2.11. The first-order valence-corrected chi connectivity index (χ1v) is 28.3. The minimum atomic E-state index is -0.832. The summed E-state index contributed by atoms with van der Waals surface area (Å²) in [5, 5.41) is 0. The lowest BCUT2D eigenvalue weighted by Gasteiger charge is -2.18. The van der Waals surface area contributed by atoms with Crippen LogP contribution >= 0.6 is 0 Å². The Morgan fingerprint density at radius 2 is 0.549 bits per heavy atom. The van der Waals surface area contributed by atoms with Crippen LogP contribution in [0.25, 0.3) is 0 Å². The molecular formula is C65H102O6. The maximum atomic E-state index is 12.8. The zero-order valence-electron chi connectivity index (χ0n) is 45.4. The molecule has 0 radical (unpaired) electrons. The second-order valence-electron chi connectivity index (χ2n) is 18.1. The van der Waals surface area contributed by atoms with Gasteiger partial charge in [-0.25, -0.2) is 0 Å². The van der Waals surface area contributed by atoms with Crippen molar-refractivity contribution in [1.29, 1.82) is 0 Å². The van der Waals surface area contributed by atoms with E-state index in [-0.39, 0.29) is 37.5 Å². The SMILES string of the molecule is CC/C=C\C/C=C\C/C=C\C/C=C\C/C=C\CCCCCC(=O)OC[C@H](COC(=O)CCCCC/C=C\C/C=C\C/C=C\C/C=C\CCCCC)OC(=O)CCCC/C=C\C/C=C\C/C=C\CCCCC. The van der Waals surface area contributed by atoms with Crippen LogP contribution < -0.4 is 0 Å². The van der Waals surface area contributed by atoms with Crippen molar-refractivity contribution in [1.82, 2.24) is 0 Å². The number of hydrogen-bond donors (Lipinski definition) is 0. The maximum Gasteiger partial charge on any atom is 0.306 e. The van der Waals surface area contributed by atoms with Crippen LogP contribution in [0.5, 0.6) is 0 Å². The summed E-state index contributed by atoms with van der Waals surface area (Å²) >= 11 is 0. The third-order valence-corrected chi connectivity index (χ3v) is 11.3. The van der Waals surface area contributed by atoms with E-state index in [0.29, 0.717) is 19.3 Å². The molecule has 0 spiro atoms. The van der Waals surface area contributed by atoms with Gasteiger partial charge in [0.05, 0.1) is 0 Å². The van der Waals surface area contributed by atoms with E-state index in [4.69, 9.17) is 14.2 Å².